The zero-order valence-electron chi connectivity index (χ0n) is 24.9. The number of aliphatic hydroxyl groups is 1. The van der Waals surface area contributed by atoms with Crippen molar-refractivity contribution in [3.8, 4) is 5.75 Å². The van der Waals surface area contributed by atoms with Gasteiger partial charge >= 0.3 is 12.2 Å². The molecule has 0 fully saturated rings. The maximum atomic E-state index is 13.4. The summed E-state index contributed by atoms with van der Waals surface area (Å²) in [5.41, 5.74) is -0.0489. The van der Waals surface area contributed by atoms with Crippen molar-refractivity contribution in [2.24, 2.45) is 5.92 Å². The van der Waals surface area contributed by atoms with Crippen molar-refractivity contribution in [3.63, 3.8) is 0 Å². The predicted octanol–water partition coefficient (Wildman–Crippen LogP) is 4.82. The number of rotatable bonds is 8. The first kappa shape index (κ1) is 33.6. The Morgan fingerprint density at radius 2 is 1.73 bits per heavy atom. The number of nitrogens with zero attached hydrogens (tertiary/aromatic N) is 2. The maximum absolute atomic E-state index is 13.4. The third kappa shape index (κ3) is 8.45. The molecule has 0 spiro atoms. The lowest BCUT2D eigenvalue weighted by molar-refractivity contribution is -0.137. The van der Waals surface area contributed by atoms with Crippen LogP contribution >= 0.6 is 0 Å². The summed E-state index contributed by atoms with van der Waals surface area (Å²) in [7, 11) is -2.41. The molecule has 0 saturated carbocycles. The van der Waals surface area contributed by atoms with E-state index in [0.717, 1.165) is 24.3 Å². The van der Waals surface area contributed by atoms with Crippen LogP contribution in [0.4, 0.5) is 29.3 Å². The largest absolute Gasteiger partial charge is 0.488 e. The Labute approximate surface area is 259 Å². The molecule has 3 amide bonds. The highest BCUT2D eigenvalue weighted by Crippen LogP contribution is 2.31. The van der Waals surface area contributed by atoms with Crippen LogP contribution in [-0.2, 0) is 27.4 Å². The van der Waals surface area contributed by atoms with Crippen LogP contribution in [-0.4, -0.2) is 74.2 Å². The van der Waals surface area contributed by atoms with Crippen LogP contribution in [0.3, 0.4) is 0 Å². The number of aliphatic hydroxyl groups excluding tert-OH is 1. The number of hydrogen-bond acceptors (Lipinski definition) is 6. The molecule has 1 aliphatic heterocycles. The summed E-state index contributed by atoms with van der Waals surface area (Å²) in [6.07, 6.45) is -5.31. The minimum absolute atomic E-state index is 0.0327. The van der Waals surface area contributed by atoms with Crippen molar-refractivity contribution in [2.75, 3.05) is 36.8 Å². The lowest BCUT2D eigenvalue weighted by atomic mass is 10.0. The van der Waals surface area contributed by atoms with Gasteiger partial charge in [-0.1, -0.05) is 25.1 Å². The fraction of sp³-hybridized carbons (Fsp3) is 0.355. The lowest BCUT2D eigenvalue weighted by Crippen LogP contribution is -2.48. The summed E-state index contributed by atoms with van der Waals surface area (Å²) in [4.78, 5) is 29.3. The molecule has 0 saturated heterocycles. The van der Waals surface area contributed by atoms with Gasteiger partial charge in [-0.3, -0.25) is 9.52 Å². The highest BCUT2D eigenvalue weighted by Gasteiger charge is 2.33. The van der Waals surface area contributed by atoms with E-state index in [2.05, 4.69) is 10.0 Å². The van der Waals surface area contributed by atoms with Crippen molar-refractivity contribution in [1.82, 2.24) is 9.80 Å². The van der Waals surface area contributed by atoms with E-state index in [-0.39, 0.29) is 54.2 Å². The highest BCUT2D eigenvalue weighted by molar-refractivity contribution is 7.92. The number of carbonyl (C=O) groups excluding carboxylic acids is 2. The first-order valence-corrected chi connectivity index (χ1v) is 15.6. The second-order valence-electron chi connectivity index (χ2n) is 11.0. The number of amides is 3. The van der Waals surface area contributed by atoms with E-state index >= 15 is 0 Å². The molecule has 45 heavy (non-hydrogen) atoms. The summed E-state index contributed by atoms with van der Waals surface area (Å²) in [5, 5.41) is 12.4. The number of sulfonamides is 1. The number of nitrogens with one attached hydrogen (secondary N) is 2. The molecule has 0 aliphatic carbocycles. The Kier molecular flexibility index (Phi) is 10.3. The number of halogens is 3. The van der Waals surface area contributed by atoms with Gasteiger partial charge in [-0.2, -0.15) is 13.2 Å². The van der Waals surface area contributed by atoms with E-state index in [0.29, 0.717) is 11.3 Å². The molecule has 0 radical (unpaired) electrons. The fourth-order valence-electron chi connectivity index (χ4n) is 4.84. The Hall–Kier alpha value is -4.30. The summed E-state index contributed by atoms with van der Waals surface area (Å²) >= 11 is 0. The van der Waals surface area contributed by atoms with Gasteiger partial charge in [0, 0.05) is 36.4 Å². The van der Waals surface area contributed by atoms with Crippen LogP contribution in [0.1, 0.15) is 25.0 Å². The second-order valence-corrected chi connectivity index (χ2v) is 12.7. The maximum Gasteiger partial charge on any atom is 0.416 e. The molecule has 1 heterocycles. The topological polar surface area (TPSA) is 128 Å². The van der Waals surface area contributed by atoms with Crippen molar-refractivity contribution in [3.05, 3.63) is 83.9 Å². The summed E-state index contributed by atoms with van der Waals surface area (Å²) in [6, 6.07) is 15.3. The van der Waals surface area contributed by atoms with E-state index in [1.807, 2.05) is 6.92 Å². The Morgan fingerprint density at radius 3 is 2.36 bits per heavy atom. The van der Waals surface area contributed by atoms with Gasteiger partial charge in [-0.05, 0) is 61.5 Å². The average molecular weight is 649 g/mol. The van der Waals surface area contributed by atoms with Crippen LogP contribution < -0.4 is 14.8 Å². The number of hydrogen-bond donors (Lipinski definition) is 3. The second kappa shape index (κ2) is 13.8. The van der Waals surface area contributed by atoms with Crippen LogP contribution in [0, 0.1) is 5.92 Å². The molecule has 3 aromatic rings. The highest BCUT2D eigenvalue weighted by atomic mass is 32.2. The smallest absolute Gasteiger partial charge is 0.416 e. The van der Waals surface area contributed by atoms with Gasteiger partial charge in [0.2, 0.25) is 5.91 Å². The molecule has 0 unspecified atom stereocenters. The first-order valence-electron chi connectivity index (χ1n) is 14.1. The van der Waals surface area contributed by atoms with E-state index in [9.17, 15) is 36.3 Å². The van der Waals surface area contributed by atoms with Crippen molar-refractivity contribution in [1.29, 1.82) is 0 Å². The van der Waals surface area contributed by atoms with Crippen molar-refractivity contribution in [2.45, 2.75) is 43.5 Å². The van der Waals surface area contributed by atoms with E-state index in [1.165, 1.54) is 41.1 Å². The van der Waals surface area contributed by atoms with Gasteiger partial charge in [-0.25, -0.2) is 13.2 Å². The lowest BCUT2D eigenvalue weighted by Gasteiger charge is -2.34. The van der Waals surface area contributed by atoms with Crippen LogP contribution in [0.15, 0.2) is 77.7 Å². The fourth-order valence-corrected chi connectivity index (χ4v) is 5.91. The molecule has 242 valence electrons. The summed E-state index contributed by atoms with van der Waals surface area (Å²) in [5.74, 6) is -0.324. The monoisotopic (exact) mass is 648 g/mol. The van der Waals surface area contributed by atoms with Crippen LogP contribution in [0.2, 0.25) is 0 Å². The quantitative estimate of drug-likeness (QED) is 0.322. The van der Waals surface area contributed by atoms with Crippen LogP contribution in [0.25, 0.3) is 0 Å². The Bertz CT molecular complexity index is 1600. The first-order chi connectivity index (χ1) is 21.2. The van der Waals surface area contributed by atoms with Gasteiger partial charge < -0.3 is 25.0 Å². The number of likely N-dealkylation sites (N-methyl/N-ethyl adjacent to an activating group) is 1. The molecular weight excluding hydrogens is 613 g/mol. The van der Waals surface area contributed by atoms with Gasteiger partial charge in [0.05, 0.1) is 36.1 Å². The average Bonchev–Trinajstić information content (AvgIpc) is 3.04. The van der Waals surface area contributed by atoms with Crippen molar-refractivity contribution >= 4 is 33.3 Å². The predicted molar refractivity (Wildman–Crippen MR) is 162 cm³/mol. The SMILES string of the molecule is C[C@H](CO)N1C[C@H](C)[C@H](CN(C)C(=O)Nc2ccc(C(F)(F)F)cc2)Oc2ccc(NS(=O)(=O)c3ccccc3)cc2CC1=O. The minimum atomic E-state index is -4.50. The number of ether oxygens (including phenoxy) is 1. The zero-order valence-corrected chi connectivity index (χ0v) is 25.7. The molecule has 0 bridgehead atoms. The van der Waals surface area contributed by atoms with E-state index in [4.69, 9.17) is 4.74 Å². The molecule has 10 nitrogen and oxygen atoms in total. The van der Waals surface area contributed by atoms with Crippen LogP contribution in [0.5, 0.6) is 5.75 Å². The van der Waals surface area contributed by atoms with E-state index < -0.39 is 39.9 Å². The Balaban J connectivity index is 1.58. The molecule has 0 aromatic heterocycles. The minimum Gasteiger partial charge on any atom is -0.488 e. The van der Waals surface area contributed by atoms with Crippen molar-refractivity contribution < 1.29 is 41.0 Å². The summed E-state index contributed by atoms with van der Waals surface area (Å²) < 4.78 is 73.5. The number of urea groups is 1. The number of carbonyl (C=O) groups is 2. The zero-order chi connectivity index (χ0) is 32.9. The molecule has 1 aliphatic rings. The van der Waals surface area contributed by atoms with Gasteiger partial charge in [0.25, 0.3) is 10.0 Å². The molecule has 3 atom stereocenters. The van der Waals surface area contributed by atoms with Gasteiger partial charge in [0.1, 0.15) is 11.9 Å². The third-order valence-electron chi connectivity index (χ3n) is 7.49. The molecule has 14 heteroatoms. The standard InChI is InChI=1S/C31H35F3N4O6S/c1-20-17-38(21(2)19-39)29(40)16-22-15-25(36-45(42,43)26-7-5-4-6-8-26)13-14-27(22)44-28(20)18-37(3)30(41)35-24-11-9-23(10-12-24)31(32,33)34/h4-15,20-21,28,36,39H,16-19H2,1-3H3,(H,35,41)/t20-,21+,28-/m0/s1. The molecule has 4 rings (SSSR count). The number of anilines is 2. The molecule has 3 N–H and O–H groups in total. The molecular formula is C31H35F3N4O6S. The normalized spacial score (nSPS) is 18.0. The number of benzene rings is 3. The van der Waals surface area contributed by atoms with Gasteiger partial charge in [0.15, 0.2) is 0 Å². The number of alkyl halides is 3. The number of fused-ring (bicyclic) bond motifs is 1. The van der Waals surface area contributed by atoms with E-state index in [1.54, 1.807) is 31.2 Å². The van der Waals surface area contributed by atoms with Gasteiger partial charge in [-0.15, -0.1) is 0 Å². The Morgan fingerprint density at radius 1 is 1.09 bits per heavy atom. The third-order valence-corrected chi connectivity index (χ3v) is 8.88. The molecule has 3 aromatic carbocycles. The summed E-state index contributed by atoms with van der Waals surface area (Å²) in [6.45, 7) is 3.48.